The van der Waals surface area contributed by atoms with Crippen molar-refractivity contribution in [3.63, 3.8) is 0 Å². The van der Waals surface area contributed by atoms with Gasteiger partial charge < -0.3 is 0 Å². The Morgan fingerprint density at radius 1 is 1.04 bits per heavy atom. The Labute approximate surface area is 152 Å². The average Bonchev–Trinajstić information content (AvgIpc) is 3.17. The summed E-state index contributed by atoms with van der Waals surface area (Å²) in [5.74, 6) is -0.0178. The summed E-state index contributed by atoms with van der Waals surface area (Å²) in [6, 6.07) is 17.2. The van der Waals surface area contributed by atoms with Gasteiger partial charge in [-0.2, -0.15) is 5.10 Å². The van der Waals surface area contributed by atoms with Crippen molar-refractivity contribution in [1.82, 2.24) is 14.8 Å². The second kappa shape index (κ2) is 8.58. The molecule has 1 atom stereocenters. The Morgan fingerprint density at radius 3 is 2.52 bits per heavy atom. The van der Waals surface area contributed by atoms with Gasteiger partial charge in [0.05, 0.1) is 5.02 Å². The minimum atomic E-state index is -0.377. The van der Waals surface area contributed by atoms with E-state index in [0.717, 1.165) is 19.3 Å². The summed E-state index contributed by atoms with van der Waals surface area (Å²) in [6.45, 7) is 0. The van der Waals surface area contributed by atoms with E-state index in [9.17, 15) is 4.79 Å². The minimum Gasteiger partial charge on any atom is -0.292 e. The first-order valence-corrected chi connectivity index (χ1v) is 8.80. The van der Waals surface area contributed by atoms with Crippen LogP contribution in [0.5, 0.6) is 0 Å². The molecule has 128 valence electrons. The number of halogens is 1. The van der Waals surface area contributed by atoms with E-state index in [-0.39, 0.29) is 11.8 Å². The van der Waals surface area contributed by atoms with Gasteiger partial charge in [-0.3, -0.25) is 4.79 Å². The Kier molecular flexibility index (Phi) is 5.96. The highest BCUT2D eigenvalue weighted by Crippen LogP contribution is 2.25. The lowest BCUT2D eigenvalue weighted by Gasteiger charge is -2.16. The molecular formula is C20H20ClN3O. The summed E-state index contributed by atoms with van der Waals surface area (Å²) < 4.78 is 1.63. The van der Waals surface area contributed by atoms with Gasteiger partial charge in [-0.25, -0.2) is 9.67 Å². The molecular weight excluding hydrogens is 334 g/mol. The summed E-state index contributed by atoms with van der Waals surface area (Å²) in [6.07, 6.45) is 6.71. The molecule has 1 heterocycles. The highest BCUT2D eigenvalue weighted by molar-refractivity contribution is 6.34. The van der Waals surface area contributed by atoms with Crippen molar-refractivity contribution in [1.29, 1.82) is 0 Å². The number of ketones is 1. The standard InChI is InChI=1S/C20H20ClN3O/c21-18-12-6-5-11-17(18)20(25)19(24-15-22-14-23-24)13-7-4-10-16-8-2-1-3-9-16/h1-3,5-6,8-9,11-12,14-15,19H,4,7,10,13H2. The Bertz CT molecular complexity index is 803. The van der Waals surface area contributed by atoms with Crippen molar-refractivity contribution in [2.45, 2.75) is 31.7 Å². The normalized spacial score (nSPS) is 12.0. The van der Waals surface area contributed by atoms with Crippen LogP contribution in [0.15, 0.2) is 67.3 Å². The summed E-state index contributed by atoms with van der Waals surface area (Å²) in [4.78, 5) is 16.9. The van der Waals surface area contributed by atoms with Gasteiger partial charge in [-0.1, -0.05) is 60.5 Å². The number of aromatic nitrogens is 3. The van der Waals surface area contributed by atoms with Gasteiger partial charge in [-0.05, 0) is 37.0 Å². The summed E-state index contributed by atoms with van der Waals surface area (Å²) in [5, 5.41) is 4.65. The third kappa shape index (κ3) is 4.54. The van der Waals surface area contributed by atoms with Crippen LogP contribution in [-0.4, -0.2) is 20.5 Å². The third-order valence-corrected chi connectivity index (χ3v) is 4.56. The summed E-state index contributed by atoms with van der Waals surface area (Å²) >= 11 is 6.20. The van der Waals surface area contributed by atoms with Gasteiger partial charge in [0, 0.05) is 5.56 Å². The van der Waals surface area contributed by atoms with Crippen LogP contribution in [0.3, 0.4) is 0 Å². The monoisotopic (exact) mass is 353 g/mol. The molecule has 0 radical (unpaired) electrons. The molecule has 0 aliphatic heterocycles. The van der Waals surface area contributed by atoms with Crippen LogP contribution in [-0.2, 0) is 6.42 Å². The second-order valence-corrected chi connectivity index (χ2v) is 6.37. The lowest BCUT2D eigenvalue weighted by atomic mass is 9.98. The number of carbonyl (C=O) groups excluding carboxylic acids is 1. The van der Waals surface area contributed by atoms with Crippen molar-refractivity contribution in [2.24, 2.45) is 0 Å². The first-order valence-electron chi connectivity index (χ1n) is 8.42. The Hall–Kier alpha value is -2.46. The van der Waals surface area contributed by atoms with Gasteiger partial charge in [0.1, 0.15) is 18.7 Å². The molecule has 0 N–H and O–H groups in total. The molecule has 3 aromatic rings. The Balaban J connectivity index is 1.66. The predicted molar refractivity (Wildman–Crippen MR) is 98.8 cm³/mol. The molecule has 1 unspecified atom stereocenters. The lowest BCUT2D eigenvalue weighted by molar-refractivity contribution is 0.0909. The molecule has 0 fully saturated rings. The van der Waals surface area contributed by atoms with Crippen LogP contribution >= 0.6 is 11.6 Å². The fourth-order valence-corrected chi connectivity index (χ4v) is 3.14. The number of carbonyl (C=O) groups is 1. The molecule has 0 aliphatic rings. The van der Waals surface area contributed by atoms with E-state index in [1.807, 2.05) is 18.2 Å². The molecule has 3 rings (SSSR count). The zero-order valence-corrected chi connectivity index (χ0v) is 14.6. The number of aryl methyl sites for hydroxylation is 1. The molecule has 0 aliphatic carbocycles. The van der Waals surface area contributed by atoms with Gasteiger partial charge in [-0.15, -0.1) is 0 Å². The van der Waals surface area contributed by atoms with Crippen molar-refractivity contribution >= 4 is 17.4 Å². The summed E-state index contributed by atoms with van der Waals surface area (Å²) in [7, 11) is 0. The number of nitrogens with zero attached hydrogens (tertiary/aromatic N) is 3. The van der Waals surface area contributed by atoms with Crippen molar-refractivity contribution in [3.05, 3.63) is 83.4 Å². The van der Waals surface area contributed by atoms with Gasteiger partial charge in [0.15, 0.2) is 5.78 Å². The fourth-order valence-electron chi connectivity index (χ4n) is 2.91. The molecule has 1 aromatic heterocycles. The van der Waals surface area contributed by atoms with Gasteiger partial charge in [0.25, 0.3) is 0 Å². The first-order chi connectivity index (χ1) is 12.3. The smallest absolute Gasteiger partial charge is 0.188 e. The number of hydrogen-bond donors (Lipinski definition) is 0. The van der Waals surface area contributed by atoms with Crippen LogP contribution in [0.4, 0.5) is 0 Å². The van der Waals surface area contributed by atoms with E-state index in [2.05, 4.69) is 34.3 Å². The number of hydrogen-bond acceptors (Lipinski definition) is 3. The molecule has 0 bridgehead atoms. The van der Waals surface area contributed by atoms with Crippen LogP contribution in [0, 0.1) is 0 Å². The topological polar surface area (TPSA) is 47.8 Å². The van der Waals surface area contributed by atoms with Crippen LogP contribution in [0.1, 0.15) is 41.2 Å². The second-order valence-electron chi connectivity index (χ2n) is 5.97. The molecule has 0 saturated heterocycles. The van der Waals surface area contributed by atoms with E-state index in [1.54, 1.807) is 23.1 Å². The number of unbranched alkanes of at least 4 members (excludes halogenated alkanes) is 1. The first kappa shape index (κ1) is 17.4. The van der Waals surface area contributed by atoms with Crippen LogP contribution < -0.4 is 0 Å². The highest BCUT2D eigenvalue weighted by atomic mass is 35.5. The van der Waals surface area contributed by atoms with Crippen LogP contribution in [0.25, 0.3) is 0 Å². The van der Waals surface area contributed by atoms with Crippen molar-refractivity contribution < 1.29 is 4.79 Å². The highest BCUT2D eigenvalue weighted by Gasteiger charge is 2.23. The van der Waals surface area contributed by atoms with E-state index in [1.165, 1.54) is 11.9 Å². The van der Waals surface area contributed by atoms with Gasteiger partial charge >= 0.3 is 0 Å². The van der Waals surface area contributed by atoms with E-state index in [0.29, 0.717) is 17.0 Å². The lowest BCUT2D eigenvalue weighted by Crippen LogP contribution is -2.21. The Morgan fingerprint density at radius 2 is 1.80 bits per heavy atom. The molecule has 0 amide bonds. The number of Topliss-reactive ketones (excluding diaryl/α,β-unsaturated/α-hetero) is 1. The molecule has 5 heteroatoms. The maximum atomic E-state index is 13.0. The van der Waals surface area contributed by atoms with E-state index >= 15 is 0 Å². The van der Waals surface area contributed by atoms with E-state index in [4.69, 9.17) is 11.6 Å². The maximum absolute atomic E-state index is 13.0. The quantitative estimate of drug-likeness (QED) is 0.433. The zero-order chi connectivity index (χ0) is 17.5. The number of rotatable bonds is 8. The third-order valence-electron chi connectivity index (χ3n) is 4.23. The predicted octanol–water partition coefficient (Wildman–Crippen LogP) is 4.77. The SMILES string of the molecule is O=C(c1ccccc1Cl)C(CCCCc1ccccc1)n1cncn1. The van der Waals surface area contributed by atoms with Gasteiger partial charge in [0.2, 0.25) is 0 Å². The summed E-state index contributed by atoms with van der Waals surface area (Å²) in [5.41, 5.74) is 1.85. The average molecular weight is 354 g/mol. The molecule has 0 spiro atoms. The number of benzene rings is 2. The molecule has 25 heavy (non-hydrogen) atoms. The largest absolute Gasteiger partial charge is 0.292 e. The molecule has 4 nitrogen and oxygen atoms in total. The van der Waals surface area contributed by atoms with Crippen LogP contribution in [0.2, 0.25) is 5.02 Å². The zero-order valence-electron chi connectivity index (χ0n) is 13.9. The molecule has 0 saturated carbocycles. The maximum Gasteiger partial charge on any atom is 0.188 e. The molecule has 2 aromatic carbocycles. The fraction of sp³-hybridized carbons (Fsp3) is 0.250. The van der Waals surface area contributed by atoms with Crippen molar-refractivity contribution in [2.75, 3.05) is 0 Å². The minimum absolute atomic E-state index is 0.0178. The van der Waals surface area contributed by atoms with E-state index < -0.39 is 0 Å². The van der Waals surface area contributed by atoms with Crippen molar-refractivity contribution in [3.8, 4) is 0 Å².